The van der Waals surface area contributed by atoms with E-state index in [-0.39, 0.29) is 32.1 Å². The third kappa shape index (κ3) is 9.25. The van der Waals surface area contributed by atoms with Gasteiger partial charge in [-0.15, -0.1) is 0 Å². The molecule has 0 saturated heterocycles. The van der Waals surface area contributed by atoms with Crippen molar-refractivity contribution in [3.05, 3.63) is 36.0 Å². The maximum absolute atomic E-state index is 12.7. The number of rotatable bonds is 15. The number of aromatic nitrogens is 1. The van der Waals surface area contributed by atoms with Gasteiger partial charge in [-0.05, 0) is 30.9 Å². The Morgan fingerprint density at radius 2 is 1.51 bits per heavy atom. The van der Waals surface area contributed by atoms with E-state index in [0.29, 0.717) is 0 Å². The first-order valence-corrected chi connectivity index (χ1v) is 11.4. The molecule has 14 nitrogen and oxygen atoms in total. The molecular formula is C23H31N7O7. The molecule has 1 aromatic carbocycles. The van der Waals surface area contributed by atoms with Crippen LogP contribution in [0.1, 0.15) is 31.2 Å². The van der Waals surface area contributed by atoms with Crippen LogP contribution in [0.2, 0.25) is 0 Å². The van der Waals surface area contributed by atoms with Gasteiger partial charge in [0, 0.05) is 29.9 Å². The average Bonchev–Trinajstić information content (AvgIpc) is 3.24. The number of aromatic amines is 1. The van der Waals surface area contributed by atoms with E-state index in [2.05, 4.69) is 20.9 Å². The summed E-state index contributed by atoms with van der Waals surface area (Å²) in [5, 5.41) is 17.0. The first-order chi connectivity index (χ1) is 17.5. The van der Waals surface area contributed by atoms with Crippen LogP contribution in [-0.4, -0.2) is 70.3 Å². The Balaban J connectivity index is 1.97. The number of nitrogens with two attached hydrogens (primary N) is 3. The molecule has 0 bridgehead atoms. The minimum absolute atomic E-state index is 0.148. The number of hydrogen-bond donors (Lipinski definition) is 8. The van der Waals surface area contributed by atoms with Gasteiger partial charge in [0.15, 0.2) is 0 Å². The molecule has 3 atom stereocenters. The second-order valence-corrected chi connectivity index (χ2v) is 8.42. The van der Waals surface area contributed by atoms with E-state index < -0.39 is 60.2 Å². The van der Waals surface area contributed by atoms with Crippen molar-refractivity contribution in [1.82, 2.24) is 20.9 Å². The topological polar surface area (TPSA) is 253 Å². The number of carbonyl (C=O) groups is 6. The highest BCUT2D eigenvalue weighted by molar-refractivity contribution is 5.93. The number of benzene rings is 1. The summed E-state index contributed by atoms with van der Waals surface area (Å²) in [4.78, 5) is 74.0. The van der Waals surface area contributed by atoms with Crippen LogP contribution in [0, 0.1) is 0 Å². The quantitative estimate of drug-likeness (QED) is 0.128. The zero-order valence-electron chi connectivity index (χ0n) is 20.0. The van der Waals surface area contributed by atoms with Gasteiger partial charge in [-0.25, -0.2) is 4.79 Å². The van der Waals surface area contributed by atoms with Gasteiger partial charge in [0.25, 0.3) is 0 Å². The number of aliphatic carboxylic acids is 1. The Kier molecular flexibility index (Phi) is 10.6. The first kappa shape index (κ1) is 28.8. The summed E-state index contributed by atoms with van der Waals surface area (Å²) < 4.78 is 0. The van der Waals surface area contributed by atoms with Crippen LogP contribution in [0.25, 0.3) is 10.9 Å². The largest absolute Gasteiger partial charge is 0.480 e. The molecule has 0 fully saturated rings. The molecule has 0 spiro atoms. The van der Waals surface area contributed by atoms with Crippen molar-refractivity contribution in [2.45, 2.75) is 50.2 Å². The molecule has 5 amide bonds. The Morgan fingerprint density at radius 3 is 2.14 bits per heavy atom. The summed E-state index contributed by atoms with van der Waals surface area (Å²) in [7, 11) is 0. The summed E-state index contributed by atoms with van der Waals surface area (Å²) >= 11 is 0. The van der Waals surface area contributed by atoms with E-state index in [4.69, 9.17) is 22.3 Å². The van der Waals surface area contributed by atoms with Gasteiger partial charge in [-0.2, -0.15) is 0 Å². The molecule has 200 valence electrons. The van der Waals surface area contributed by atoms with Crippen LogP contribution in [0.4, 0.5) is 0 Å². The van der Waals surface area contributed by atoms with Crippen LogP contribution in [0.5, 0.6) is 0 Å². The maximum atomic E-state index is 12.7. The lowest BCUT2D eigenvalue weighted by atomic mass is 10.0. The zero-order valence-corrected chi connectivity index (χ0v) is 20.0. The molecule has 3 unspecified atom stereocenters. The maximum Gasteiger partial charge on any atom is 0.326 e. The van der Waals surface area contributed by atoms with Crippen molar-refractivity contribution in [2.24, 2.45) is 17.2 Å². The van der Waals surface area contributed by atoms with Gasteiger partial charge in [0.2, 0.25) is 29.5 Å². The van der Waals surface area contributed by atoms with Gasteiger partial charge in [0.1, 0.15) is 12.1 Å². The van der Waals surface area contributed by atoms with Gasteiger partial charge in [0.05, 0.1) is 12.6 Å². The number of carbonyl (C=O) groups excluding carboxylic acids is 5. The van der Waals surface area contributed by atoms with Gasteiger partial charge < -0.3 is 43.2 Å². The smallest absolute Gasteiger partial charge is 0.326 e. The Hall–Kier alpha value is -4.46. The number of fused-ring (bicyclic) bond motifs is 1. The highest BCUT2D eigenvalue weighted by Gasteiger charge is 2.26. The molecule has 2 rings (SSSR count). The summed E-state index contributed by atoms with van der Waals surface area (Å²) in [6, 6.07) is 3.83. The van der Waals surface area contributed by atoms with Crippen LogP contribution in [-0.2, 0) is 35.2 Å². The van der Waals surface area contributed by atoms with Crippen LogP contribution in [0.3, 0.4) is 0 Å². The fourth-order valence-electron chi connectivity index (χ4n) is 3.54. The lowest BCUT2D eigenvalue weighted by Gasteiger charge is -2.21. The minimum Gasteiger partial charge on any atom is -0.480 e. The average molecular weight is 518 g/mol. The van der Waals surface area contributed by atoms with Crippen molar-refractivity contribution >= 4 is 46.4 Å². The lowest BCUT2D eigenvalue weighted by Crippen LogP contribution is -2.54. The van der Waals surface area contributed by atoms with Gasteiger partial charge in [-0.3, -0.25) is 24.0 Å². The van der Waals surface area contributed by atoms with Crippen LogP contribution in [0.15, 0.2) is 30.5 Å². The Morgan fingerprint density at radius 1 is 0.892 bits per heavy atom. The number of para-hydroxylation sites is 1. The molecule has 0 aliphatic rings. The molecular weight excluding hydrogens is 486 g/mol. The van der Waals surface area contributed by atoms with E-state index in [9.17, 15) is 28.8 Å². The second-order valence-electron chi connectivity index (χ2n) is 8.42. The molecule has 2 aromatic rings. The molecule has 11 N–H and O–H groups in total. The molecule has 1 heterocycles. The number of primary amides is 2. The first-order valence-electron chi connectivity index (χ1n) is 11.4. The molecule has 1 aromatic heterocycles. The van der Waals surface area contributed by atoms with Gasteiger partial charge >= 0.3 is 5.97 Å². The normalized spacial score (nSPS) is 13.2. The van der Waals surface area contributed by atoms with E-state index in [0.717, 1.165) is 16.5 Å². The number of H-pyrrole nitrogens is 1. The highest BCUT2D eigenvalue weighted by atomic mass is 16.4. The Bertz CT molecular complexity index is 1160. The standard InChI is InChI=1S/C23H31N7O7/c24-14(9-12-10-27-15-4-2-1-3-13(12)15)21(34)30-16(5-7-18(25)31)22(35)28-11-20(33)29-17(23(36)37)6-8-19(26)32/h1-4,10,14,16-17,27H,5-9,11,24H2,(H2,25,31)(H2,26,32)(H,28,35)(H,29,33)(H,30,34)(H,36,37). The summed E-state index contributed by atoms with van der Waals surface area (Å²) in [5.74, 6) is -5.11. The van der Waals surface area contributed by atoms with E-state index in [1.165, 1.54) is 0 Å². The predicted molar refractivity (Wildman–Crippen MR) is 131 cm³/mol. The number of carboxylic acids is 1. The number of amides is 5. The SMILES string of the molecule is NC(=O)CCC(NC(=O)CNC(=O)C(CCC(N)=O)NC(=O)C(N)Cc1c[nH]c2ccccc12)C(=O)O. The fraction of sp³-hybridized carbons (Fsp3) is 0.391. The minimum atomic E-state index is -1.38. The van der Waals surface area contributed by atoms with E-state index in [1.54, 1.807) is 6.20 Å². The van der Waals surface area contributed by atoms with Crippen molar-refractivity contribution in [1.29, 1.82) is 0 Å². The molecule has 0 radical (unpaired) electrons. The lowest BCUT2D eigenvalue weighted by molar-refractivity contribution is -0.142. The third-order valence-electron chi connectivity index (χ3n) is 5.50. The molecule has 0 aliphatic carbocycles. The van der Waals surface area contributed by atoms with Crippen molar-refractivity contribution in [2.75, 3.05) is 6.54 Å². The van der Waals surface area contributed by atoms with E-state index in [1.807, 2.05) is 24.3 Å². The molecule has 14 heteroatoms. The van der Waals surface area contributed by atoms with Crippen LogP contribution < -0.4 is 33.2 Å². The summed E-state index contributed by atoms with van der Waals surface area (Å²) in [5.41, 5.74) is 17.9. The fourth-order valence-corrected chi connectivity index (χ4v) is 3.54. The molecule has 37 heavy (non-hydrogen) atoms. The number of hydrogen-bond acceptors (Lipinski definition) is 7. The molecule has 0 aliphatic heterocycles. The number of carboxylic acid groups (broad SMARTS) is 1. The Labute approximate surface area is 211 Å². The van der Waals surface area contributed by atoms with E-state index >= 15 is 0 Å². The van der Waals surface area contributed by atoms with Gasteiger partial charge in [-0.1, -0.05) is 18.2 Å². The predicted octanol–water partition coefficient (Wildman–Crippen LogP) is -2.26. The monoisotopic (exact) mass is 517 g/mol. The second kappa shape index (κ2) is 13.6. The summed E-state index contributed by atoms with van der Waals surface area (Å²) in [6.07, 6.45) is 1.05. The van der Waals surface area contributed by atoms with Crippen molar-refractivity contribution in [3.8, 4) is 0 Å². The number of nitrogens with one attached hydrogen (secondary N) is 4. The zero-order chi connectivity index (χ0) is 27.5. The van der Waals surface area contributed by atoms with Crippen molar-refractivity contribution in [3.63, 3.8) is 0 Å². The summed E-state index contributed by atoms with van der Waals surface area (Å²) in [6.45, 7) is -0.622. The van der Waals surface area contributed by atoms with Crippen LogP contribution >= 0.6 is 0 Å². The highest BCUT2D eigenvalue weighted by Crippen LogP contribution is 2.18. The van der Waals surface area contributed by atoms with Crippen molar-refractivity contribution < 1.29 is 33.9 Å². The third-order valence-corrected chi connectivity index (χ3v) is 5.50. The molecule has 0 saturated carbocycles.